The smallest absolute Gasteiger partial charge is 0.407 e. The van der Waals surface area contributed by atoms with Gasteiger partial charge in [-0.15, -0.1) is 0 Å². The molecule has 0 radical (unpaired) electrons. The number of cyclic esters (lactones) is 1. The van der Waals surface area contributed by atoms with Crippen LogP contribution in [0.4, 0.5) is 4.79 Å². The van der Waals surface area contributed by atoms with E-state index >= 15 is 0 Å². The minimum atomic E-state index is -0.934. The number of rotatable bonds is 2. The van der Waals surface area contributed by atoms with Crippen molar-refractivity contribution in [2.75, 3.05) is 6.61 Å². The molecule has 1 amide bonds. The first-order chi connectivity index (χ1) is 4.68. The summed E-state index contributed by atoms with van der Waals surface area (Å²) in [6, 6.07) is -0.356. The van der Waals surface area contributed by atoms with Gasteiger partial charge in [0.2, 0.25) is 0 Å². The van der Waals surface area contributed by atoms with Gasteiger partial charge in [0.05, 0.1) is 12.5 Å². The molecule has 1 heterocycles. The molecule has 0 bridgehead atoms. The third-order valence-corrected chi connectivity index (χ3v) is 1.16. The van der Waals surface area contributed by atoms with Gasteiger partial charge in [-0.25, -0.2) is 4.79 Å². The highest BCUT2D eigenvalue weighted by Crippen LogP contribution is 2.00. The molecule has 0 aliphatic carbocycles. The van der Waals surface area contributed by atoms with Gasteiger partial charge >= 0.3 is 12.1 Å². The van der Waals surface area contributed by atoms with E-state index in [1.807, 2.05) is 0 Å². The zero-order chi connectivity index (χ0) is 7.56. The molecule has 5 nitrogen and oxygen atoms in total. The van der Waals surface area contributed by atoms with Gasteiger partial charge in [0.25, 0.3) is 0 Å². The summed E-state index contributed by atoms with van der Waals surface area (Å²) in [6.07, 6.45) is -0.614. The van der Waals surface area contributed by atoms with Crippen LogP contribution in [0.3, 0.4) is 0 Å². The number of carbonyl (C=O) groups excluding carboxylic acids is 1. The highest BCUT2D eigenvalue weighted by Gasteiger charge is 2.23. The Kier molecular flexibility index (Phi) is 1.75. The van der Waals surface area contributed by atoms with E-state index in [9.17, 15) is 9.59 Å². The molecular formula is C5H7NO4. The summed E-state index contributed by atoms with van der Waals surface area (Å²) in [5, 5.41) is 10.6. The minimum absolute atomic E-state index is 0.0776. The number of ether oxygens (including phenoxy) is 1. The van der Waals surface area contributed by atoms with Crippen LogP contribution in [0.1, 0.15) is 6.42 Å². The number of alkyl carbamates (subject to hydrolysis) is 1. The van der Waals surface area contributed by atoms with Crippen LogP contribution in [0.15, 0.2) is 0 Å². The summed E-state index contributed by atoms with van der Waals surface area (Å²) in [5.41, 5.74) is 0. The number of carbonyl (C=O) groups is 2. The lowest BCUT2D eigenvalue weighted by atomic mass is 10.2. The Bertz CT molecular complexity index is 167. The first-order valence-electron chi connectivity index (χ1n) is 2.83. The monoisotopic (exact) mass is 145 g/mol. The molecule has 2 N–H and O–H groups in total. The molecule has 1 fully saturated rings. The number of hydrogen-bond donors (Lipinski definition) is 2. The second kappa shape index (κ2) is 2.55. The maximum Gasteiger partial charge on any atom is 0.407 e. The number of hydrogen-bond acceptors (Lipinski definition) is 3. The lowest BCUT2D eigenvalue weighted by Crippen LogP contribution is -2.28. The summed E-state index contributed by atoms with van der Waals surface area (Å²) in [5.74, 6) is -0.934. The SMILES string of the molecule is O=C(O)C[C@H]1COC(=O)N1. The van der Waals surface area contributed by atoms with Crippen molar-refractivity contribution in [1.82, 2.24) is 5.32 Å². The van der Waals surface area contributed by atoms with Crippen LogP contribution < -0.4 is 5.32 Å². The van der Waals surface area contributed by atoms with E-state index in [2.05, 4.69) is 10.1 Å². The van der Waals surface area contributed by atoms with E-state index in [0.29, 0.717) is 0 Å². The van der Waals surface area contributed by atoms with Crippen molar-refractivity contribution in [3.8, 4) is 0 Å². The average Bonchev–Trinajstić information content (AvgIpc) is 2.13. The number of amides is 1. The maximum atomic E-state index is 10.3. The van der Waals surface area contributed by atoms with E-state index in [1.54, 1.807) is 0 Å². The number of carboxylic acid groups (broad SMARTS) is 1. The first-order valence-corrected chi connectivity index (χ1v) is 2.83. The van der Waals surface area contributed by atoms with Gasteiger partial charge in [-0.3, -0.25) is 4.79 Å². The Morgan fingerprint density at radius 3 is 3.00 bits per heavy atom. The van der Waals surface area contributed by atoms with Gasteiger partial charge in [-0.1, -0.05) is 0 Å². The number of carboxylic acids is 1. The summed E-state index contributed by atoms with van der Waals surface area (Å²) in [6.45, 7) is 0.158. The van der Waals surface area contributed by atoms with Crippen LogP contribution in [0, 0.1) is 0 Å². The molecule has 0 saturated carbocycles. The Morgan fingerprint density at radius 2 is 2.60 bits per heavy atom. The third kappa shape index (κ3) is 1.61. The molecule has 0 aromatic carbocycles. The summed E-state index contributed by atoms with van der Waals surface area (Å²) >= 11 is 0. The minimum Gasteiger partial charge on any atom is -0.481 e. The fourth-order valence-corrected chi connectivity index (χ4v) is 0.747. The second-order valence-electron chi connectivity index (χ2n) is 2.04. The van der Waals surface area contributed by atoms with Gasteiger partial charge in [0.15, 0.2) is 0 Å². The molecular weight excluding hydrogens is 138 g/mol. The van der Waals surface area contributed by atoms with Crippen LogP contribution in [-0.2, 0) is 9.53 Å². The summed E-state index contributed by atoms with van der Waals surface area (Å²) in [4.78, 5) is 20.4. The Balaban J connectivity index is 2.31. The van der Waals surface area contributed by atoms with Crippen molar-refractivity contribution in [1.29, 1.82) is 0 Å². The van der Waals surface area contributed by atoms with Crippen molar-refractivity contribution in [3.63, 3.8) is 0 Å². The molecule has 10 heavy (non-hydrogen) atoms. The zero-order valence-electron chi connectivity index (χ0n) is 5.16. The van der Waals surface area contributed by atoms with Crippen LogP contribution >= 0.6 is 0 Å². The molecule has 0 aromatic heterocycles. The summed E-state index contributed by atoms with van der Waals surface area (Å²) in [7, 11) is 0. The van der Waals surface area contributed by atoms with E-state index in [4.69, 9.17) is 5.11 Å². The molecule has 1 atom stereocenters. The van der Waals surface area contributed by atoms with E-state index in [0.717, 1.165) is 0 Å². The largest absolute Gasteiger partial charge is 0.481 e. The van der Waals surface area contributed by atoms with Crippen LogP contribution in [0.5, 0.6) is 0 Å². The molecule has 5 heteroatoms. The first kappa shape index (κ1) is 6.85. The Morgan fingerprint density at radius 1 is 1.90 bits per heavy atom. The van der Waals surface area contributed by atoms with Gasteiger partial charge < -0.3 is 15.2 Å². The second-order valence-corrected chi connectivity index (χ2v) is 2.04. The molecule has 0 unspecified atom stereocenters. The molecule has 0 aromatic rings. The van der Waals surface area contributed by atoms with Gasteiger partial charge in [0, 0.05) is 0 Å². The van der Waals surface area contributed by atoms with Crippen LogP contribution in [0.2, 0.25) is 0 Å². The quantitative estimate of drug-likeness (QED) is 0.552. The highest BCUT2D eigenvalue weighted by molar-refractivity contribution is 5.73. The molecule has 1 aliphatic rings. The van der Waals surface area contributed by atoms with E-state index in [-0.39, 0.29) is 19.1 Å². The van der Waals surface area contributed by atoms with Crippen molar-refractivity contribution >= 4 is 12.1 Å². The normalized spacial score (nSPS) is 23.6. The van der Waals surface area contributed by atoms with Crippen molar-refractivity contribution in [3.05, 3.63) is 0 Å². The van der Waals surface area contributed by atoms with Gasteiger partial charge in [0.1, 0.15) is 6.61 Å². The highest BCUT2D eigenvalue weighted by atomic mass is 16.6. The fourth-order valence-electron chi connectivity index (χ4n) is 0.747. The maximum absolute atomic E-state index is 10.3. The van der Waals surface area contributed by atoms with E-state index < -0.39 is 12.1 Å². The number of aliphatic carboxylic acids is 1. The Labute approximate surface area is 57.0 Å². The zero-order valence-corrected chi connectivity index (χ0v) is 5.16. The number of nitrogens with one attached hydrogen (secondary N) is 1. The molecule has 0 spiro atoms. The fraction of sp³-hybridized carbons (Fsp3) is 0.600. The Hall–Kier alpha value is -1.26. The van der Waals surface area contributed by atoms with Gasteiger partial charge in [-0.05, 0) is 0 Å². The predicted molar refractivity (Wildman–Crippen MR) is 30.5 cm³/mol. The summed E-state index contributed by atoms with van der Waals surface area (Å²) < 4.78 is 4.45. The van der Waals surface area contributed by atoms with Crippen LogP contribution in [0.25, 0.3) is 0 Å². The lowest BCUT2D eigenvalue weighted by molar-refractivity contribution is -0.137. The predicted octanol–water partition coefficient (Wildman–Crippen LogP) is -0.430. The van der Waals surface area contributed by atoms with E-state index in [1.165, 1.54) is 0 Å². The molecule has 1 aliphatic heterocycles. The molecule has 56 valence electrons. The molecule has 1 rings (SSSR count). The average molecular weight is 145 g/mol. The standard InChI is InChI=1S/C5H7NO4/c7-4(8)1-3-2-10-5(9)6-3/h3H,1-2H2,(H,6,9)(H,7,8)/t3-/m0/s1. The topological polar surface area (TPSA) is 75.6 Å². The lowest BCUT2D eigenvalue weighted by Gasteiger charge is -1.99. The molecule has 1 saturated heterocycles. The van der Waals surface area contributed by atoms with Crippen LogP contribution in [-0.4, -0.2) is 29.8 Å². The van der Waals surface area contributed by atoms with Gasteiger partial charge in [-0.2, -0.15) is 0 Å². The van der Waals surface area contributed by atoms with Crippen molar-refractivity contribution in [2.45, 2.75) is 12.5 Å². The van der Waals surface area contributed by atoms with Crippen molar-refractivity contribution < 1.29 is 19.4 Å². The van der Waals surface area contributed by atoms with Crippen molar-refractivity contribution in [2.24, 2.45) is 0 Å². The third-order valence-electron chi connectivity index (χ3n) is 1.16.